The number of nitrogens with zero attached hydrogens (tertiary/aromatic N) is 4. The molecule has 5 rings (SSSR count). The summed E-state index contributed by atoms with van der Waals surface area (Å²) in [4.78, 5) is 31.6. The molecular weight excluding hydrogens is 468 g/mol. The molecule has 0 bridgehead atoms. The number of carbonyl (C=O) groups excluding carboxylic acids is 1. The lowest BCUT2D eigenvalue weighted by molar-refractivity contribution is 0.0941. The number of carbonyl (C=O) groups is 1. The Morgan fingerprint density at radius 2 is 1.95 bits per heavy atom. The Morgan fingerprint density at radius 3 is 2.73 bits per heavy atom. The highest BCUT2D eigenvalue weighted by Gasteiger charge is 2.24. The number of methoxy groups -OCH3 is 1. The highest BCUT2D eigenvalue weighted by Crippen LogP contribution is 2.25. The average Bonchev–Trinajstić information content (AvgIpc) is 3.24. The fourth-order valence-corrected chi connectivity index (χ4v) is 4.70. The minimum atomic E-state index is -0.528. The predicted octanol–water partition coefficient (Wildman–Crippen LogP) is 3.69. The molecule has 1 amide bonds. The van der Waals surface area contributed by atoms with Gasteiger partial charge in [0.15, 0.2) is 11.5 Å². The van der Waals surface area contributed by atoms with E-state index in [-0.39, 0.29) is 16.9 Å². The van der Waals surface area contributed by atoms with Crippen LogP contribution in [0.5, 0.6) is 0 Å². The van der Waals surface area contributed by atoms with Crippen LogP contribution in [0, 0.1) is 0 Å². The zero-order valence-electron chi connectivity index (χ0n) is 20.7. The van der Waals surface area contributed by atoms with Crippen LogP contribution in [0.2, 0.25) is 0 Å². The highest BCUT2D eigenvalue weighted by atomic mass is 16.5. The number of ether oxygens (including phenoxy) is 1. The summed E-state index contributed by atoms with van der Waals surface area (Å²) in [5, 5.41) is 8.67. The van der Waals surface area contributed by atoms with Crippen LogP contribution in [0.3, 0.4) is 0 Å². The normalized spacial score (nSPS) is 12.2. The van der Waals surface area contributed by atoms with E-state index in [1.807, 2.05) is 61.5 Å². The highest BCUT2D eigenvalue weighted by molar-refractivity contribution is 6.04. The van der Waals surface area contributed by atoms with Gasteiger partial charge in [0.1, 0.15) is 5.56 Å². The Bertz CT molecular complexity index is 1640. The van der Waals surface area contributed by atoms with Crippen molar-refractivity contribution in [3.05, 3.63) is 100 Å². The number of hydrogen-bond donors (Lipinski definition) is 2. The van der Waals surface area contributed by atoms with Crippen LogP contribution < -0.4 is 16.6 Å². The minimum Gasteiger partial charge on any atom is -0.385 e. The first-order chi connectivity index (χ1) is 18.0. The van der Waals surface area contributed by atoms with E-state index < -0.39 is 11.9 Å². The largest absolute Gasteiger partial charge is 0.385 e. The monoisotopic (exact) mass is 496 g/mol. The number of nitrogen functional groups attached to an aromatic ring is 1. The van der Waals surface area contributed by atoms with Crippen LogP contribution in [0.4, 0.5) is 5.82 Å². The fourth-order valence-electron chi connectivity index (χ4n) is 4.70. The molecule has 3 N–H and O–H groups in total. The van der Waals surface area contributed by atoms with Gasteiger partial charge in [-0.25, -0.2) is 9.50 Å². The van der Waals surface area contributed by atoms with E-state index in [0.29, 0.717) is 29.0 Å². The van der Waals surface area contributed by atoms with Crippen molar-refractivity contribution >= 4 is 28.1 Å². The SMILES string of the molecule is COCCCc1cccc2cc([C@H](C)NC(=O)c3c(N)nn4cccnc34)n(-c3ccccc3)c(=O)c12. The number of anilines is 1. The molecule has 3 aromatic heterocycles. The first kappa shape index (κ1) is 24.2. The molecule has 0 aliphatic carbocycles. The second-order valence-electron chi connectivity index (χ2n) is 8.87. The number of hydrogen-bond acceptors (Lipinski definition) is 6. The van der Waals surface area contributed by atoms with E-state index in [0.717, 1.165) is 23.8 Å². The Morgan fingerprint density at radius 1 is 1.14 bits per heavy atom. The maximum absolute atomic E-state index is 14.0. The van der Waals surface area contributed by atoms with Crippen molar-refractivity contribution < 1.29 is 9.53 Å². The molecule has 0 aliphatic heterocycles. The molecule has 0 aliphatic rings. The van der Waals surface area contributed by atoms with Gasteiger partial charge in [-0.2, -0.15) is 0 Å². The van der Waals surface area contributed by atoms with E-state index in [4.69, 9.17) is 10.5 Å². The molecule has 0 saturated carbocycles. The van der Waals surface area contributed by atoms with Gasteiger partial charge in [-0.1, -0.05) is 36.4 Å². The van der Waals surface area contributed by atoms with Crippen molar-refractivity contribution in [2.24, 2.45) is 0 Å². The summed E-state index contributed by atoms with van der Waals surface area (Å²) in [6, 6.07) is 18.4. The van der Waals surface area contributed by atoms with Crippen LogP contribution in [0.15, 0.2) is 77.9 Å². The second kappa shape index (κ2) is 10.2. The lowest BCUT2D eigenvalue weighted by Crippen LogP contribution is -2.32. The van der Waals surface area contributed by atoms with Gasteiger partial charge in [0.05, 0.1) is 11.4 Å². The van der Waals surface area contributed by atoms with Gasteiger partial charge >= 0.3 is 0 Å². The summed E-state index contributed by atoms with van der Waals surface area (Å²) in [5.41, 5.74) is 8.82. The Balaban J connectivity index is 1.61. The van der Waals surface area contributed by atoms with Gasteiger partial charge in [0, 0.05) is 37.5 Å². The third-order valence-corrected chi connectivity index (χ3v) is 6.41. The third-order valence-electron chi connectivity index (χ3n) is 6.41. The van der Waals surface area contributed by atoms with Gasteiger partial charge in [-0.05, 0) is 55.0 Å². The maximum atomic E-state index is 14.0. The standard InChI is InChI=1S/C28H28N6O3/c1-18(31-27(35)24-25(29)32-33-15-8-14-30-26(24)33)22-17-20-10-6-9-19(11-7-16-37-2)23(20)28(36)34(22)21-12-4-3-5-13-21/h3-6,8-10,12-15,17-18H,7,11,16H2,1-2H3,(H2,29,32)(H,31,35)/t18-/m0/s1. The molecular formula is C28H28N6O3. The van der Waals surface area contributed by atoms with Crippen molar-refractivity contribution in [2.45, 2.75) is 25.8 Å². The summed E-state index contributed by atoms with van der Waals surface area (Å²) in [6.45, 7) is 2.46. The molecule has 188 valence electrons. The minimum absolute atomic E-state index is 0.0862. The van der Waals surface area contributed by atoms with Crippen molar-refractivity contribution in [3.8, 4) is 5.69 Å². The second-order valence-corrected chi connectivity index (χ2v) is 8.87. The molecule has 0 spiro atoms. The zero-order valence-corrected chi connectivity index (χ0v) is 20.7. The van der Waals surface area contributed by atoms with Crippen molar-refractivity contribution in [2.75, 3.05) is 19.5 Å². The molecule has 5 aromatic rings. The molecule has 37 heavy (non-hydrogen) atoms. The van der Waals surface area contributed by atoms with Crippen LogP contribution in [0.25, 0.3) is 22.1 Å². The molecule has 0 unspecified atom stereocenters. The third kappa shape index (κ3) is 4.56. The average molecular weight is 497 g/mol. The number of nitrogens with one attached hydrogen (secondary N) is 1. The molecule has 0 fully saturated rings. The van der Waals surface area contributed by atoms with Gasteiger partial charge in [0.2, 0.25) is 0 Å². The zero-order chi connectivity index (χ0) is 25.9. The summed E-state index contributed by atoms with van der Waals surface area (Å²) in [6.07, 6.45) is 4.79. The number of aromatic nitrogens is 4. The van der Waals surface area contributed by atoms with E-state index in [1.165, 1.54) is 4.52 Å². The van der Waals surface area contributed by atoms with E-state index in [2.05, 4.69) is 15.4 Å². The van der Waals surface area contributed by atoms with Gasteiger partial charge < -0.3 is 15.8 Å². The summed E-state index contributed by atoms with van der Waals surface area (Å²) < 4.78 is 8.35. The van der Waals surface area contributed by atoms with Crippen molar-refractivity contribution in [1.29, 1.82) is 0 Å². The van der Waals surface area contributed by atoms with E-state index in [9.17, 15) is 9.59 Å². The number of rotatable bonds is 8. The van der Waals surface area contributed by atoms with Crippen LogP contribution in [-0.2, 0) is 11.2 Å². The van der Waals surface area contributed by atoms with Gasteiger partial charge in [-0.3, -0.25) is 14.2 Å². The first-order valence-corrected chi connectivity index (χ1v) is 12.1. The number of fused-ring (bicyclic) bond motifs is 2. The Labute approximate surface area is 213 Å². The number of para-hydroxylation sites is 1. The van der Waals surface area contributed by atoms with E-state index in [1.54, 1.807) is 30.1 Å². The maximum Gasteiger partial charge on any atom is 0.263 e. The quantitative estimate of drug-likeness (QED) is 0.317. The Hall–Kier alpha value is -4.50. The van der Waals surface area contributed by atoms with E-state index >= 15 is 0 Å². The summed E-state index contributed by atoms with van der Waals surface area (Å²) in [7, 11) is 1.67. The van der Waals surface area contributed by atoms with Crippen LogP contribution >= 0.6 is 0 Å². The lowest BCUT2D eigenvalue weighted by Gasteiger charge is -2.21. The molecule has 1 atom stereocenters. The lowest BCUT2D eigenvalue weighted by atomic mass is 10.00. The molecule has 0 saturated heterocycles. The number of pyridine rings is 1. The topological polar surface area (TPSA) is 117 Å². The number of benzene rings is 2. The molecule has 0 radical (unpaired) electrons. The summed E-state index contributed by atoms with van der Waals surface area (Å²) >= 11 is 0. The molecule has 9 heteroatoms. The Kier molecular flexibility index (Phi) is 6.70. The summed E-state index contributed by atoms with van der Waals surface area (Å²) in [5.74, 6) is -0.331. The number of amides is 1. The smallest absolute Gasteiger partial charge is 0.263 e. The van der Waals surface area contributed by atoms with Crippen LogP contribution in [0.1, 0.15) is 41.0 Å². The fraction of sp³-hybridized carbons (Fsp3) is 0.214. The van der Waals surface area contributed by atoms with Gasteiger partial charge in [0.25, 0.3) is 11.5 Å². The first-order valence-electron chi connectivity index (χ1n) is 12.1. The molecule has 3 heterocycles. The number of aryl methyl sites for hydroxylation is 1. The number of nitrogens with two attached hydrogens (primary N) is 1. The molecule has 2 aromatic carbocycles. The van der Waals surface area contributed by atoms with Crippen LogP contribution in [-0.4, -0.2) is 38.8 Å². The predicted molar refractivity (Wildman–Crippen MR) is 143 cm³/mol. The van der Waals surface area contributed by atoms with Crippen molar-refractivity contribution in [3.63, 3.8) is 0 Å². The van der Waals surface area contributed by atoms with Gasteiger partial charge in [-0.15, -0.1) is 5.10 Å². The molecule has 9 nitrogen and oxygen atoms in total. The van der Waals surface area contributed by atoms with Crippen molar-refractivity contribution in [1.82, 2.24) is 24.5 Å².